The van der Waals surface area contributed by atoms with Crippen molar-refractivity contribution in [2.45, 2.75) is 44.6 Å². The van der Waals surface area contributed by atoms with Gasteiger partial charge in [0, 0.05) is 6.54 Å². The van der Waals surface area contributed by atoms with E-state index >= 15 is 0 Å². The molecule has 0 radical (unpaired) electrons. The van der Waals surface area contributed by atoms with Gasteiger partial charge in [-0.1, -0.05) is 29.8 Å². The molecule has 0 aromatic heterocycles. The van der Waals surface area contributed by atoms with Crippen LogP contribution in [0.5, 0.6) is 0 Å². The molecule has 168 valence electrons. The van der Waals surface area contributed by atoms with Gasteiger partial charge in [-0.25, -0.2) is 13.3 Å². The Balaban J connectivity index is 1.51. The fraction of sp³-hybridized carbons (Fsp3) is 0.348. The Bertz CT molecular complexity index is 1180. The molecule has 2 aliphatic rings. The first kappa shape index (κ1) is 22.2. The van der Waals surface area contributed by atoms with E-state index in [0.29, 0.717) is 24.0 Å². The summed E-state index contributed by atoms with van der Waals surface area (Å²) in [6, 6.07) is 8.96. The van der Waals surface area contributed by atoms with Gasteiger partial charge in [0.25, 0.3) is 11.8 Å². The highest BCUT2D eigenvalue weighted by Crippen LogP contribution is 2.31. The minimum absolute atomic E-state index is 0.196. The number of aryl methyl sites for hydroxylation is 3. The maximum atomic E-state index is 13.4. The first-order valence-electron chi connectivity index (χ1n) is 10.3. The number of carbonyl (C=O) groups is 3. The van der Waals surface area contributed by atoms with Crippen molar-refractivity contribution in [1.29, 1.82) is 0 Å². The van der Waals surface area contributed by atoms with Gasteiger partial charge in [-0.3, -0.25) is 14.4 Å². The summed E-state index contributed by atoms with van der Waals surface area (Å²) in [6.07, 6.45) is 0.820. The van der Waals surface area contributed by atoms with E-state index < -0.39 is 40.6 Å². The average Bonchev–Trinajstić information content (AvgIpc) is 3.31. The third-order valence-corrected chi connectivity index (χ3v) is 8.08. The number of carbonyl (C=O) groups excluding carboxylic acids is 3. The van der Waals surface area contributed by atoms with Crippen LogP contribution in [0.1, 0.15) is 50.2 Å². The normalized spacial score (nSPS) is 18.8. The van der Waals surface area contributed by atoms with Gasteiger partial charge < -0.3 is 4.74 Å². The lowest BCUT2D eigenvalue weighted by Crippen LogP contribution is -2.43. The third kappa shape index (κ3) is 3.61. The number of benzene rings is 2. The summed E-state index contributed by atoms with van der Waals surface area (Å²) in [5.41, 5.74) is 2.70. The lowest BCUT2D eigenvalue weighted by Gasteiger charge is -2.25. The molecule has 8 nitrogen and oxygen atoms in total. The highest BCUT2D eigenvalue weighted by atomic mass is 32.2. The molecule has 9 heteroatoms. The SMILES string of the molecule is Cc1cc(C)c(S(=O)(=O)N2CCCC2C(=O)OCN2C(=O)c3ccccc3C2=O)c(C)c1. The number of fused-ring (bicyclic) bond motifs is 1. The smallest absolute Gasteiger partial charge is 0.326 e. The van der Waals surface area contributed by atoms with Gasteiger partial charge in [-0.2, -0.15) is 4.31 Å². The predicted molar refractivity (Wildman–Crippen MR) is 115 cm³/mol. The van der Waals surface area contributed by atoms with Gasteiger partial charge in [0.15, 0.2) is 6.73 Å². The van der Waals surface area contributed by atoms with Crippen molar-refractivity contribution >= 4 is 27.8 Å². The Kier molecular flexibility index (Phi) is 5.64. The van der Waals surface area contributed by atoms with E-state index in [-0.39, 0.29) is 22.6 Å². The van der Waals surface area contributed by atoms with Crippen LogP contribution in [0, 0.1) is 20.8 Å². The van der Waals surface area contributed by atoms with Crippen LogP contribution in [-0.4, -0.2) is 54.7 Å². The van der Waals surface area contributed by atoms with Crippen molar-refractivity contribution in [2.24, 2.45) is 0 Å². The summed E-state index contributed by atoms with van der Waals surface area (Å²) in [4.78, 5) is 38.8. The van der Waals surface area contributed by atoms with Crippen LogP contribution in [0.3, 0.4) is 0 Å². The second-order valence-corrected chi connectivity index (χ2v) is 10.0. The lowest BCUT2D eigenvalue weighted by molar-refractivity contribution is -0.150. The van der Waals surface area contributed by atoms with Crippen LogP contribution in [0.25, 0.3) is 0 Å². The van der Waals surface area contributed by atoms with Gasteiger partial charge in [0.2, 0.25) is 10.0 Å². The summed E-state index contributed by atoms with van der Waals surface area (Å²) in [6.45, 7) is 5.00. The fourth-order valence-electron chi connectivity index (χ4n) is 4.54. The second-order valence-electron chi connectivity index (χ2n) is 8.18. The highest BCUT2D eigenvalue weighted by Gasteiger charge is 2.42. The molecule has 0 saturated carbocycles. The molecule has 0 N–H and O–H groups in total. The highest BCUT2D eigenvalue weighted by molar-refractivity contribution is 7.89. The van der Waals surface area contributed by atoms with Gasteiger partial charge >= 0.3 is 5.97 Å². The van der Waals surface area contributed by atoms with Crippen molar-refractivity contribution in [3.05, 3.63) is 64.2 Å². The molecule has 1 saturated heterocycles. The molecule has 2 amide bonds. The minimum atomic E-state index is -3.93. The number of hydrogen-bond acceptors (Lipinski definition) is 6. The lowest BCUT2D eigenvalue weighted by atomic mass is 10.1. The summed E-state index contributed by atoms with van der Waals surface area (Å²) in [5.74, 6) is -1.86. The zero-order chi connectivity index (χ0) is 23.2. The number of nitrogens with zero attached hydrogens (tertiary/aromatic N) is 2. The number of rotatable bonds is 5. The molecule has 32 heavy (non-hydrogen) atoms. The van der Waals surface area contributed by atoms with E-state index in [1.165, 1.54) is 16.4 Å². The zero-order valence-corrected chi connectivity index (χ0v) is 18.9. The molecule has 1 fully saturated rings. The topological polar surface area (TPSA) is 101 Å². The Labute approximate surface area is 186 Å². The molecular weight excluding hydrogens is 432 g/mol. The zero-order valence-electron chi connectivity index (χ0n) is 18.1. The fourth-order valence-corrected chi connectivity index (χ4v) is 6.60. The number of hydrogen-bond donors (Lipinski definition) is 0. The molecular formula is C23H24N2O6S. The molecule has 2 heterocycles. The van der Waals surface area contributed by atoms with Crippen LogP contribution < -0.4 is 0 Å². The van der Waals surface area contributed by atoms with E-state index in [1.54, 1.807) is 38.1 Å². The van der Waals surface area contributed by atoms with Gasteiger partial charge in [-0.05, 0) is 56.9 Å². The number of imide groups is 1. The van der Waals surface area contributed by atoms with Crippen molar-refractivity contribution in [3.63, 3.8) is 0 Å². The minimum Gasteiger partial charge on any atom is -0.442 e. The number of esters is 1. The van der Waals surface area contributed by atoms with E-state index in [1.807, 2.05) is 6.92 Å². The monoisotopic (exact) mass is 456 g/mol. The van der Waals surface area contributed by atoms with Crippen molar-refractivity contribution < 1.29 is 27.5 Å². The molecule has 0 bridgehead atoms. The maximum Gasteiger partial charge on any atom is 0.326 e. The molecule has 0 spiro atoms. The standard InChI is InChI=1S/C23H24N2O6S/c1-14-11-15(2)20(16(3)12-14)32(29,30)25-10-6-9-19(25)23(28)31-13-24-21(26)17-7-4-5-8-18(17)22(24)27/h4-5,7-8,11-12,19H,6,9-10,13H2,1-3H3. The van der Waals surface area contributed by atoms with Crippen molar-refractivity contribution in [1.82, 2.24) is 9.21 Å². The van der Waals surface area contributed by atoms with Gasteiger partial charge in [0.05, 0.1) is 16.0 Å². The van der Waals surface area contributed by atoms with Gasteiger partial charge in [-0.15, -0.1) is 0 Å². The molecule has 4 rings (SSSR count). The van der Waals surface area contributed by atoms with Crippen LogP contribution in [-0.2, 0) is 19.6 Å². The Morgan fingerprint density at radius 2 is 1.59 bits per heavy atom. The molecule has 2 aromatic carbocycles. The van der Waals surface area contributed by atoms with E-state index in [0.717, 1.165) is 10.5 Å². The van der Waals surface area contributed by atoms with E-state index in [2.05, 4.69) is 0 Å². The number of amides is 2. The van der Waals surface area contributed by atoms with Crippen LogP contribution in [0.2, 0.25) is 0 Å². The molecule has 1 atom stereocenters. The predicted octanol–water partition coefficient (Wildman–Crippen LogP) is 2.56. The molecule has 2 aromatic rings. The first-order chi connectivity index (χ1) is 15.1. The Morgan fingerprint density at radius 3 is 2.16 bits per heavy atom. The molecule has 1 unspecified atom stereocenters. The van der Waals surface area contributed by atoms with Crippen molar-refractivity contribution in [3.8, 4) is 0 Å². The largest absolute Gasteiger partial charge is 0.442 e. The maximum absolute atomic E-state index is 13.4. The Hall–Kier alpha value is -3.04. The quantitative estimate of drug-likeness (QED) is 0.506. The van der Waals surface area contributed by atoms with Crippen LogP contribution >= 0.6 is 0 Å². The summed E-state index contributed by atoms with van der Waals surface area (Å²) in [5, 5.41) is 0. The number of sulfonamides is 1. The first-order valence-corrected chi connectivity index (χ1v) is 11.8. The molecule has 0 aliphatic carbocycles. The summed E-state index contributed by atoms with van der Waals surface area (Å²) < 4.78 is 33.3. The average molecular weight is 457 g/mol. The third-order valence-electron chi connectivity index (χ3n) is 5.86. The second kappa shape index (κ2) is 8.14. The van der Waals surface area contributed by atoms with E-state index in [4.69, 9.17) is 4.74 Å². The van der Waals surface area contributed by atoms with E-state index in [9.17, 15) is 22.8 Å². The van der Waals surface area contributed by atoms with Crippen LogP contribution in [0.4, 0.5) is 0 Å². The van der Waals surface area contributed by atoms with Crippen LogP contribution in [0.15, 0.2) is 41.3 Å². The summed E-state index contributed by atoms with van der Waals surface area (Å²) in [7, 11) is -3.93. The summed E-state index contributed by atoms with van der Waals surface area (Å²) >= 11 is 0. The molecule has 2 aliphatic heterocycles. The van der Waals surface area contributed by atoms with Crippen molar-refractivity contribution in [2.75, 3.05) is 13.3 Å². The van der Waals surface area contributed by atoms with Gasteiger partial charge in [0.1, 0.15) is 6.04 Å². The number of ether oxygens (including phenoxy) is 1. The Morgan fingerprint density at radius 1 is 1.03 bits per heavy atom.